The van der Waals surface area contributed by atoms with Gasteiger partial charge in [-0.15, -0.1) is 0 Å². The highest BCUT2D eigenvalue weighted by atomic mass is 16.5. The number of carbonyl (C=O) groups is 1. The van der Waals surface area contributed by atoms with Crippen molar-refractivity contribution in [2.75, 3.05) is 5.32 Å². The summed E-state index contributed by atoms with van der Waals surface area (Å²) in [6.45, 7) is 10.2. The van der Waals surface area contributed by atoms with E-state index < -0.39 is 5.41 Å². The number of anilines is 1. The molecule has 0 saturated heterocycles. The fraction of sp³-hybridized carbons (Fsp3) is 0.350. The summed E-state index contributed by atoms with van der Waals surface area (Å²) in [5, 5.41) is 2.97. The fourth-order valence-electron chi connectivity index (χ4n) is 2.30. The highest BCUT2D eigenvalue weighted by molar-refractivity contribution is 5.94. The number of rotatable bonds is 4. The van der Waals surface area contributed by atoms with E-state index >= 15 is 0 Å². The second-order valence-electron chi connectivity index (χ2n) is 6.92. The molecule has 0 unspecified atom stereocenters. The molecular weight excluding hydrogens is 286 g/mol. The van der Waals surface area contributed by atoms with Crippen LogP contribution < -0.4 is 10.1 Å². The van der Waals surface area contributed by atoms with E-state index in [2.05, 4.69) is 5.32 Å². The topological polar surface area (TPSA) is 38.3 Å². The zero-order valence-corrected chi connectivity index (χ0v) is 14.6. The van der Waals surface area contributed by atoms with E-state index in [4.69, 9.17) is 4.74 Å². The van der Waals surface area contributed by atoms with Gasteiger partial charge in [-0.2, -0.15) is 0 Å². The Morgan fingerprint density at radius 1 is 1.04 bits per heavy atom. The lowest BCUT2D eigenvalue weighted by Gasteiger charge is -2.19. The molecule has 0 aromatic heterocycles. The minimum Gasteiger partial charge on any atom is -0.488 e. The first kappa shape index (κ1) is 17.1. The molecule has 0 spiro atoms. The molecule has 1 N–H and O–H groups in total. The molecule has 0 atom stereocenters. The van der Waals surface area contributed by atoms with Crippen molar-refractivity contribution in [2.24, 2.45) is 5.41 Å². The van der Waals surface area contributed by atoms with Gasteiger partial charge in [-0.05, 0) is 42.7 Å². The largest absolute Gasteiger partial charge is 0.488 e. The predicted molar refractivity (Wildman–Crippen MR) is 94.8 cm³/mol. The summed E-state index contributed by atoms with van der Waals surface area (Å²) in [7, 11) is 0. The monoisotopic (exact) mass is 311 g/mol. The SMILES string of the molecule is Cc1cc(NC(=O)C(C)(C)C)cc(C)c1OCc1ccccc1. The van der Waals surface area contributed by atoms with Gasteiger partial charge in [0.1, 0.15) is 12.4 Å². The molecule has 1 amide bonds. The van der Waals surface area contributed by atoms with Crippen LogP contribution in [0.2, 0.25) is 0 Å². The lowest BCUT2D eigenvalue weighted by molar-refractivity contribution is -0.123. The number of amides is 1. The Bertz CT molecular complexity index is 662. The van der Waals surface area contributed by atoms with Gasteiger partial charge in [-0.25, -0.2) is 0 Å². The minimum atomic E-state index is -0.412. The third kappa shape index (κ3) is 4.59. The normalized spacial score (nSPS) is 11.2. The average Bonchev–Trinajstić information content (AvgIpc) is 2.46. The van der Waals surface area contributed by atoms with E-state index in [9.17, 15) is 4.79 Å². The van der Waals surface area contributed by atoms with Crippen molar-refractivity contribution < 1.29 is 9.53 Å². The van der Waals surface area contributed by atoms with Crippen molar-refractivity contribution in [1.29, 1.82) is 0 Å². The van der Waals surface area contributed by atoms with Gasteiger partial charge in [-0.3, -0.25) is 4.79 Å². The van der Waals surface area contributed by atoms with Gasteiger partial charge >= 0.3 is 0 Å². The fourth-order valence-corrected chi connectivity index (χ4v) is 2.30. The standard InChI is InChI=1S/C20H25NO2/c1-14-11-17(21-19(22)20(3,4)5)12-15(2)18(14)23-13-16-9-7-6-8-10-16/h6-12H,13H2,1-5H3,(H,21,22). The van der Waals surface area contributed by atoms with Crippen molar-refractivity contribution >= 4 is 11.6 Å². The molecule has 0 aliphatic carbocycles. The van der Waals surface area contributed by atoms with Gasteiger partial charge in [0.15, 0.2) is 0 Å². The first-order chi connectivity index (χ1) is 10.8. The second-order valence-corrected chi connectivity index (χ2v) is 6.92. The number of hydrogen-bond donors (Lipinski definition) is 1. The number of carbonyl (C=O) groups excluding carboxylic acids is 1. The molecule has 3 nitrogen and oxygen atoms in total. The smallest absolute Gasteiger partial charge is 0.229 e. The van der Waals surface area contributed by atoms with Gasteiger partial charge < -0.3 is 10.1 Å². The van der Waals surface area contributed by atoms with Crippen LogP contribution >= 0.6 is 0 Å². The first-order valence-corrected chi connectivity index (χ1v) is 7.87. The number of nitrogens with one attached hydrogen (secondary N) is 1. The van der Waals surface area contributed by atoms with Crippen molar-refractivity contribution in [2.45, 2.75) is 41.2 Å². The van der Waals surface area contributed by atoms with Gasteiger partial charge in [-0.1, -0.05) is 51.1 Å². The van der Waals surface area contributed by atoms with E-state index in [1.54, 1.807) is 0 Å². The van der Waals surface area contributed by atoms with E-state index in [1.165, 1.54) is 0 Å². The van der Waals surface area contributed by atoms with Gasteiger partial charge in [0.2, 0.25) is 5.91 Å². The Kier molecular flexibility index (Phi) is 5.09. The summed E-state index contributed by atoms with van der Waals surface area (Å²) in [6, 6.07) is 14.0. The summed E-state index contributed by atoms with van der Waals surface area (Å²) in [6.07, 6.45) is 0. The zero-order chi connectivity index (χ0) is 17.0. The zero-order valence-electron chi connectivity index (χ0n) is 14.6. The van der Waals surface area contributed by atoms with Crippen molar-refractivity contribution in [3.8, 4) is 5.75 Å². The van der Waals surface area contributed by atoms with Crippen molar-refractivity contribution in [3.05, 3.63) is 59.2 Å². The molecule has 3 heteroatoms. The molecule has 0 aliphatic rings. The molecule has 0 radical (unpaired) electrons. The molecule has 2 rings (SSSR count). The third-order valence-electron chi connectivity index (χ3n) is 3.63. The van der Waals surface area contributed by atoms with Crippen LogP contribution in [-0.2, 0) is 11.4 Å². The molecule has 23 heavy (non-hydrogen) atoms. The van der Waals surface area contributed by atoms with Crippen LogP contribution in [0.3, 0.4) is 0 Å². The maximum atomic E-state index is 12.1. The number of benzene rings is 2. The van der Waals surface area contributed by atoms with Crippen LogP contribution in [-0.4, -0.2) is 5.91 Å². The maximum Gasteiger partial charge on any atom is 0.229 e. The van der Waals surface area contributed by atoms with E-state index in [0.29, 0.717) is 6.61 Å². The lowest BCUT2D eigenvalue weighted by Crippen LogP contribution is -2.27. The predicted octanol–water partition coefficient (Wildman–Crippen LogP) is 4.87. The summed E-state index contributed by atoms with van der Waals surface area (Å²) >= 11 is 0. The number of aryl methyl sites for hydroxylation is 2. The summed E-state index contributed by atoms with van der Waals surface area (Å²) in [5.41, 5.74) is 3.57. The quantitative estimate of drug-likeness (QED) is 0.875. The molecule has 0 bridgehead atoms. The van der Waals surface area contributed by atoms with E-state index in [1.807, 2.05) is 77.1 Å². The molecule has 0 fully saturated rings. The number of hydrogen-bond acceptors (Lipinski definition) is 2. The maximum absolute atomic E-state index is 12.1. The third-order valence-corrected chi connectivity index (χ3v) is 3.63. The first-order valence-electron chi connectivity index (χ1n) is 7.87. The molecule has 2 aromatic carbocycles. The van der Waals surface area contributed by atoms with E-state index in [0.717, 1.165) is 28.1 Å². The minimum absolute atomic E-state index is 0.00857. The lowest BCUT2D eigenvalue weighted by atomic mass is 9.95. The highest BCUT2D eigenvalue weighted by Crippen LogP contribution is 2.29. The summed E-state index contributed by atoms with van der Waals surface area (Å²) in [4.78, 5) is 12.1. The second kappa shape index (κ2) is 6.86. The Labute approximate surface area is 138 Å². The van der Waals surface area contributed by atoms with Gasteiger partial charge in [0, 0.05) is 11.1 Å². The van der Waals surface area contributed by atoms with Crippen molar-refractivity contribution in [3.63, 3.8) is 0 Å². The molecule has 122 valence electrons. The van der Waals surface area contributed by atoms with Gasteiger partial charge in [0.25, 0.3) is 0 Å². The van der Waals surface area contributed by atoms with Crippen LogP contribution in [0.15, 0.2) is 42.5 Å². The van der Waals surface area contributed by atoms with Crippen molar-refractivity contribution in [1.82, 2.24) is 0 Å². The Morgan fingerprint density at radius 3 is 2.13 bits per heavy atom. The summed E-state index contributed by atoms with van der Waals surface area (Å²) < 4.78 is 5.97. The Morgan fingerprint density at radius 2 is 1.61 bits per heavy atom. The van der Waals surface area contributed by atoms with Gasteiger partial charge in [0.05, 0.1) is 0 Å². The molecule has 0 saturated carbocycles. The van der Waals surface area contributed by atoms with Crippen LogP contribution in [0.25, 0.3) is 0 Å². The number of ether oxygens (including phenoxy) is 1. The molecule has 0 heterocycles. The Hall–Kier alpha value is -2.29. The van der Waals surface area contributed by atoms with Crippen LogP contribution in [0.5, 0.6) is 5.75 Å². The molecule has 0 aliphatic heterocycles. The highest BCUT2D eigenvalue weighted by Gasteiger charge is 2.21. The summed E-state index contributed by atoms with van der Waals surface area (Å²) in [5.74, 6) is 0.886. The molecular formula is C20H25NO2. The van der Waals surface area contributed by atoms with Crippen LogP contribution in [0, 0.1) is 19.3 Å². The Balaban J connectivity index is 2.13. The van der Waals surface area contributed by atoms with Crippen LogP contribution in [0.4, 0.5) is 5.69 Å². The average molecular weight is 311 g/mol. The van der Waals surface area contributed by atoms with Crippen LogP contribution in [0.1, 0.15) is 37.5 Å². The van der Waals surface area contributed by atoms with E-state index in [-0.39, 0.29) is 5.91 Å². The molecule has 2 aromatic rings.